The highest BCUT2D eigenvalue weighted by molar-refractivity contribution is 5.89. The third-order valence-electron chi connectivity index (χ3n) is 5.15. The Morgan fingerprint density at radius 3 is 2.68 bits per heavy atom. The fourth-order valence-corrected chi connectivity index (χ4v) is 3.99. The molecule has 5 heteroatoms. The van der Waals surface area contributed by atoms with Gasteiger partial charge in [-0.2, -0.15) is 0 Å². The van der Waals surface area contributed by atoms with E-state index in [2.05, 4.69) is 9.64 Å². The summed E-state index contributed by atoms with van der Waals surface area (Å²) in [6, 6.07) is 7.33. The smallest absolute Gasteiger partial charge is 0.337 e. The van der Waals surface area contributed by atoms with Gasteiger partial charge in [-0.3, -0.25) is 9.69 Å². The molecule has 1 N–H and O–H groups in total. The number of likely N-dealkylation sites (tertiary alicyclic amines) is 1. The maximum atomic E-state index is 11.7. The quantitative estimate of drug-likeness (QED) is 0.863. The van der Waals surface area contributed by atoms with Gasteiger partial charge in [0.1, 0.15) is 0 Å². The van der Waals surface area contributed by atoms with Gasteiger partial charge < -0.3 is 9.84 Å². The number of esters is 1. The van der Waals surface area contributed by atoms with E-state index in [0.29, 0.717) is 12.1 Å². The molecule has 1 saturated carbocycles. The SMILES string of the molecule is COC(=O)c1ccc(CN2C[C@@H]3CCC[C@@]3(C(=O)O)C2)cc1. The number of hydrogen-bond donors (Lipinski definition) is 1. The number of benzene rings is 1. The molecule has 2 aliphatic rings. The summed E-state index contributed by atoms with van der Waals surface area (Å²) in [5.41, 5.74) is 1.09. The second-order valence-electron chi connectivity index (χ2n) is 6.41. The lowest BCUT2D eigenvalue weighted by molar-refractivity contribution is -0.149. The average Bonchev–Trinajstić information content (AvgIpc) is 3.05. The third kappa shape index (κ3) is 2.50. The lowest BCUT2D eigenvalue weighted by Crippen LogP contribution is -2.35. The number of carboxylic acids is 1. The van der Waals surface area contributed by atoms with Crippen molar-refractivity contribution in [3.05, 3.63) is 35.4 Å². The monoisotopic (exact) mass is 303 g/mol. The summed E-state index contributed by atoms with van der Waals surface area (Å²) in [7, 11) is 1.37. The Kier molecular flexibility index (Phi) is 3.91. The summed E-state index contributed by atoms with van der Waals surface area (Å²) in [4.78, 5) is 25.3. The van der Waals surface area contributed by atoms with Crippen LogP contribution in [0.1, 0.15) is 35.2 Å². The first-order valence-corrected chi connectivity index (χ1v) is 7.68. The van der Waals surface area contributed by atoms with E-state index in [0.717, 1.165) is 37.9 Å². The van der Waals surface area contributed by atoms with Crippen LogP contribution in [0, 0.1) is 11.3 Å². The van der Waals surface area contributed by atoms with Gasteiger partial charge in [0.25, 0.3) is 0 Å². The Labute approximate surface area is 129 Å². The number of fused-ring (bicyclic) bond motifs is 1. The molecule has 0 radical (unpaired) electrons. The number of carbonyl (C=O) groups is 2. The standard InChI is InChI=1S/C17H21NO4/c1-22-15(19)13-6-4-12(5-7-13)9-18-10-14-3-2-8-17(14,11-18)16(20)21/h4-7,14H,2-3,8-11H2,1H3,(H,20,21)/t14-,17+/m0/s1. The molecule has 0 spiro atoms. The van der Waals surface area contributed by atoms with Crippen molar-refractivity contribution < 1.29 is 19.4 Å². The Hall–Kier alpha value is -1.88. The van der Waals surface area contributed by atoms with Crippen molar-refractivity contribution in [3.8, 4) is 0 Å². The Morgan fingerprint density at radius 2 is 2.09 bits per heavy atom. The first-order chi connectivity index (χ1) is 10.5. The summed E-state index contributed by atoms with van der Waals surface area (Å²) in [6.07, 6.45) is 2.84. The van der Waals surface area contributed by atoms with Crippen molar-refractivity contribution in [2.75, 3.05) is 20.2 Å². The third-order valence-corrected chi connectivity index (χ3v) is 5.15. The van der Waals surface area contributed by atoms with Crippen LogP contribution >= 0.6 is 0 Å². The topological polar surface area (TPSA) is 66.8 Å². The minimum absolute atomic E-state index is 0.277. The maximum Gasteiger partial charge on any atom is 0.337 e. The van der Waals surface area contributed by atoms with Gasteiger partial charge in [-0.1, -0.05) is 18.6 Å². The number of carboxylic acid groups (broad SMARTS) is 1. The van der Waals surface area contributed by atoms with Crippen LogP contribution in [-0.4, -0.2) is 42.1 Å². The summed E-state index contributed by atoms with van der Waals surface area (Å²) in [6.45, 7) is 2.21. The predicted molar refractivity (Wildman–Crippen MR) is 80.5 cm³/mol. The summed E-state index contributed by atoms with van der Waals surface area (Å²) < 4.78 is 4.68. The zero-order valence-electron chi connectivity index (χ0n) is 12.7. The molecule has 2 atom stereocenters. The second kappa shape index (κ2) is 5.72. The molecule has 1 heterocycles. The largest absolute Gasteiger partial charge is 0.481 e. The predicted octanol–water partition coefficient (Wildman–Crippen LogP) is 2.16. The number of ether oxygens (including phenoxy) is 1. The van der Waals surface area contributed by atoms with Gasteiger partial charge in [0.05, 0.1) is 18.1 Å². The van der Waals surface area contributed by atoms with Crippen molar-refractivity contribution in [3.63, 3.8) is 0 Å². The van der Waals surface area contributed by atoms with E-state index >= 15 is 0 Å². The number of methoxy groups -OCH3 is 1. The number of carbonyl (C=O) groups excluding carboxylic acids is 1. The Balaban J connectivity index is 1.68. The Bertz CT molecular complexity index is 583. The van der Waals surface area contributed by atoms with E-state index in [1.807, 2.05) is 12.1 Å². The van der Waals surface area contributed by atoms with Gasteiger partial charge in [-0.25, -0.2) is 4.79 Å². The molecule has 1 aliphatic heterocycles. The van der Waals surface area contributed by atoms with Crippen LogP contribution in [0.3, 0.4) is 0 Å². The molecule has 118 valence electrons. The maximum absolute atomic E-state index is 11.7. The molecule has 3 rings (SSSR count). The van der Waals surface area contributed by atoms with Gasteiger partial charge >= 0.3 is 11.9 Å². The van der Waals surface area contributed by atoms with Crippen LogP contribution in [-0.2, 0) is 16.1 Å². The minimum atomic E-state index is -0.640. The van der Waals surface area contributed by atoms with Gasteiger partial charge in [-0.15, -0.1) is 0 Å². The number of nitrogens with zero attached hydrogens (tertiary/aromatic N) is 1. The van der Waals surface area contributed by atoms with Crippen LogP contribution in [0.25, 0.3) is 0 Å². The highest BCUT2D eigenvalue weighted by Crippen LogP contribution is 2.49. The molecule has 22 heavy (non-hydrogen) atoms. The number of aliphatic carboxylic acids is 1. The fourth-order valence-electron chi connectivity index (χ4n) is 3.99. The molecule has 1 aromatic rings. The Morgan fingerprint density at radius 1 is 1.36 bits per heavy atom. The molecule has 0 bridgehead atoms. The van der Waals surface area contributed by atoms with Crippen LogP contribution < -0.4 is 0 Å². The lowest BCUT2D eigenvalue weighted by Gasteiger charge is -2.23. The average molecular weight is 303 g/mol. The van der Waals surface area contributed by atoms with Gasteiger partial charge in [0, 0.05) is 19.6 Å². The van der Waals surface area contributed by atoms with Crippen LogP contribution in [0.2, 0.25) is 0 Å². The molecular weight excluding hydrogens is 282 g/mol. The van der Waals surface area contributed by atoms with E-state index in [4.69, 9.17) is 0 Å². The summed E-state index contributed by atoms with van der Waals surface area (Å²) in [5.74, 6) is -0.704. The van der Waals surface area contributed by atoms with Crippen molar-refractivity contribution >= 4 is 11.9 Å². The van der Waals surface area contributed by atoms with Crippen LogP contribution in [0.15, 0.2) is 24.3 Å². The van der Waals surface area contributed by atoms with Crippen molar-refractivity contribution in [1.29, 1.82) is 0 Å². The first kappa shape index (κ1) is 15.0. The zero-order valence-corrected chi connectivity index (χ0v) is 12.7. The molecule has 0 aromatic heterocycles. The van der Waals surface area contributed by atoms with E-state index in [-0.39, 0.29) is 11.9 Å². The molecule has 1 aliphatic carbocycles. The summed E-state index contributed by atoms with van der Waals surface area (Å²) >= 11 is 0. The van der Waals surface area contributed by atoms with E-state index in [1.54, 1.807) is 12.1 Å². The lowest BCUT2D eigenvalue weighted by atomic mass is 9.81. The second-order valence-corrected chi connectivity index (χ2v) is 6.41. The van der Waals surface area contributed by atoms with Crippen molar-refractivity contribution in [2.24, 2.45) is 11.3 Å². The van der Waals surface area contributed by atoms with E-state index < -0.39 is 11.4 Å². The molecule has 0 amide bonds. The van der Waals surface area contributed by atoms with E-state index in [9.17, 15) is 14.7 Å². The van der Waals surface area contributed by atoms with Gasteiger partial charge in [0.2, 0.25) is 0 Å². The fraction of sp³-hybridized carbons (Fsp3) is 0.529. The number of hydrogen-bond acceptors (Lipinski definition) is 4. The van der Waals surface area contributed by atoms with E-state index in [1.165, 1.54) is 7.11 Å². The minimum Gasteiger partial charge on any atom is -0.481 e. The molecule has 1 aromatic carbocycles. The van der Waals surface area contributed by atoms with Crippen molar-refractivity contribution in [2.45, 2.75) is 25.8 Å². The normalized spacial score (nSPS) is 27.6. The molecule has 0 unspecified atom stereocenters. The van der Waals surface area contributed by atoms with Gasteiger partial charge in [0.15, 0.2) is 0 Å². The van der Waals surface area contributed by atoms with Crippen LogP contribution in [0.5, 0.6) is 0 Å². The van der Waals surface area contributed by atoms with Crippen LogP contribution in [0.4, 0.5) is 0 Å². The number of rotatable bonds is 4. The first-order valence-electron chi connectivity index (χ1n) is 7.68. The molecule has 2 fully saturated rings. The highest BCUT2D eigenvalue weighted by atomic mass is 16.5. The summed E-state index contributed by atoms with van der Waals surface area (Å²) in [5, 5.41) is 9.60. The highest BCUT2D eigenvalue weighted by Gasteiger charge is 2.54. The zero-order chi connectivity index (χ0) is 15.7. The molecule has 1 saturated heterocycles. The molecule has 5 nitrogen and oxygen atoms in total. The van der Waals surface area contributed by atoms with Gasteiger partial charge in [-0.05, 0) is 36.5 Å². The molecular formula is C17H21NO4. The van der Waals surface area contributed by atoms with Crippen molar-refractivity contribution in [1.82, 2.24) is 4.90 Å².